The van der Waals surface area contributed by atoms with Crippen LogP contribution in [0.25, 0.3) is 0 Å². The molecule has 0 atom stereocenters. The quantitative estimate of drug-likeness (QED) is 0.286. The fourth-order valence-corrected chi connectivity index (χ4v) is 3.46. The number of nitrogens with one attached hydrogen (secondary N) is 3. The predicted octanol–water partition coefficient (Wildman–Crippen LogP) is 6.18. The van der Waals surface area contributed by atoms with Crippen molar-refractivity contribution in [1.82, 2.24) is 15.0 Å². The maximum atomic E-state index is 12.9. The molecule has 0 saturated heterocycles. The monoisotopic (exact) mass is 492 g/mol. The number of hydrogen-bond donors (Lipinski definition) is 3. The van der Waals surface area contributed by atoms with Crippen LogP contribution in [0.5, 0.6) is 0 Å². The summed E-state index contributed by atoms with van der Waals surface area (Å²) in [7, 11) is 0. The van der Waals surface area contributed by atoms with Crippen LogP contribution in [-0.4, -0.2) is 20.9 Å². The van der Waals surface area contributed by atoms with E-state index >= 15 is 0 Å². The van der Waals surface area contributed by atoms with Crippen LogP contribution in [0.3, 0.4) is 0 Å². The normalized spacial score (nSPS) is 11.1. The molecule has 3 N–H and O–H groups in total. The lowest BCUT2D eigenvalue weighted by Gasteiger charge is -2.11. The third-order valence-corrected chi connectivity index (χ3v) is 5.07. The topological polar surface area (TPSA) is 91.8 Å². The first-order valence-electron chi connectivity index (χ1n) is 11.0. The van der Waals surface area contributed by atoms with Crippen LogP contribution in [0.2, 0.25) is 0 Å². The highest BCUT2D eigenvalue weighted by molar-refractivity contribution is 5.92. The molecule has 2 aromatic heterocycles. The van der Waals surface area contributed by atoms with Gasteiger partial charge in [-0.2, -0.15) is 13.2 Å². The first-order chi connectivity index (χ1) is 17.1. The average molecular weight is 493 g/mol. The molecular formula is C26H23F3N6O. The van der Waals surface area contributed by atoms with Crippen molar-refractivity contribution < 1.29 is 18.0 Å². The molecule has 4 aromatic rings. The largest absolute Gasteiger partial charge is 0.416 e. The lowest BCUT2D eigenvalue weighted by Crippen LogP contribution is -2.15. The zero-order chi connectivity index (χ0) is 25.7. The second kappa shape index (κ2) is 10.4. The van der Waals surface area contributed by atoms with Crippen molar-refractivity contribution in [3.8, 4) is 0 Å². The van der Waals surface area contributed by atoms with E-state index in [4.69, 9.17) is 0 Å². The molecule has 36 heavy (non-hydrogen) atoms. The minimum absolute atomic E-state index is 0.171. The van der Waals surface area contributed by atoms with Gasteiger partial charge in [0.1, 0.15) is 23.3 Å². The van der Waals surface area contributed by atoms with Crippen LogP contribution in [-0.2, 0) is 17.4 Å². The van der Waals surface area contributed by atoms with Crippen molar-refractivity contribution in [3.63, 3.8) is 0 Å². The summed E-state index contributed by atoms with van der Waals surface area (Å²) in [6, 6.07) is 17.2. The Bertz CT molecular complexity index is 1370. The predicted molar refractivity (Wildman–Crippen MR) is 133 cm³/mol. The number of carbonyl (C=O) groups is 1. The highest BCUT2D eigenvalue weighted by atomic mass is 19.4. The van der Waals surface area contributed by atoms with Gasteiger partial charge in [0.15, 0.2) is 0 Å². The highest BCUT2D eigenvalue weighted by Gasteiger charge is 2.30. The number of halogens is 3. The minimum atomic E-state index is -4.45. The van der Waals surface area contributed by atoms with Gasteiger partial charge in [-0.3, -0.25) is 4.79 Å². The molecule has 7 nitrogen and oxygen atoms in total. The van der Waals surface area contributed by atoms with Crippen molar-refractivity contribution in [3.05, 3.63) is 95.4 Å². The number of hydrogen-bond acceptors (Lipinski definition) is 6. The van der Waals surface area contributed by atoms with Gasteiger partial charge in [-0.05, 0) is 67.4 Å². The van der Waals surface area contributed by atoms with Gasteiger partial charge in [-0.15, -0.1) is 0 Å². The molecule has 2 heterocycles. The molecule has 0 aliphatic rings. The van der Waals surface area contributed by atoms with Gasteiger partial charge in [0.05, 0.1) is 12.0 Å². The smallest absolute Gasteiger partial charge is 0.340 e. The number of amides is 1. The molecule has 0 fully saturated rings. The number of alkyl halides is 3. The summed E-state index contributed by atoms with van der Waals surface area (Å²) in [5.74, 6) is 1.97. The number of aromatic nitrogens is 3. The Kier molecular flexibility index (Phi) is 7.14. The van der Waals surface area contributed by atoms with E-state index in [1.54, 1.807) is 43.5 Å². The lowest BCUT2D eigenvalue weighted by atomic mass is 10.1. The first-order valence-corrected chi connectivity index (χ1v) is 11.0. The summed E-state index contributed by atoms with van der Waals surface area (Å²) < 4.78 is 38.6. The molecule has 0 aliphatic carbocycles. The van der Waals surface area contributed by atoms with E-state index < -0.39 is 17.6 Å². The summed E-state index contributed by atoms with van der Waals surface area (Å²) in [5, 5.41) is 9.05. The fraction of sp³-hybridized carbons (Fsp3) is 0.154. The zero-order valence-corrected chi connectivity index (χ0v) is 19.5. The van der Waals surface area contributed by atoms with Crippen molar-refractivity contribution in [2.75, 3.05) is 16.0 Å². The molecule has 1 amide bonds. The van der Waals surface area contributed by atoms with Crippen LogP contribution < -0.4 is 16.0 Å². The number of aryl methyl sites for hydroxylation is 2. The third-order valence-electron chi connectivity index (χ3n) is 5.07. The summed E-state index contributed by atoms with van der Waals surface area (Å²) >= 11 is 0. The number of rotatable bonds is 7. The summed E-state index contributed by atoms with van der Waals surface area (Å²) in [4.78, 5) is 25.4. The van der Waals surface area contributed by atoms with Gasteiger partial charge in [0.2, 0.25) is 5.91 Å². The van der Waals surface area contributed by atoms with Crippen molar-refractivity contribution in [1.29, 1.82) is 0 Å². The zero-order valence-electron chi connectivity index (χ0n) is 19.5. The SMILES string of the molecule is Cc1ccnc(Nc2cc(Nc3ccc(NC(=O)Cc4cccc(C(F)(F)F)c4)cc3)nc(C)n2)c1. The Hall–Kier alpha value is -4.47. The van der Waals surface area contributed by atoms with Crippen LogP contribution in [0, 0.1) is 13.8 Å². The van der Waals surface area contributed by atoms with Crippen LogP contribution >= 0.6 is 0 Å². The molecule has 0 aliphatic heterocycles. The molecule has 0 spiro atoms. The molecule has 0 bridgehead atoms. The van der Waals surface area contributed by atoms with Gasteiger partial charge >= 0.3 is 6.18 Å². The summed E-state index contributed by atoms with van der Waals surface area (Å²) in [5.41, 5.74) is 1.81. The van der Waals surface area contributed by atoms with Crippen molar-refractivity contribution in [2.24, 2.45) is 0 Å². The fourth-order valence-electron chi connectivity index (χ4n) is 3.46. The average Bonchev–Trinajstić information content (AvgIpc) is 2.79. The Morgan fingerprint density at radius 3 is 2.22 bits per heavy atom. The van der Waals surface area contributed by atoms with Gasteiger partial charge in [0.25, 0.3) is 0 Å². The van der Waals surface area contributed by atoms with Gasteiger partial charge in [-0.25, -0.2) is 15.0 Å². The van der Waals surface area contributed by atoms with E-state index in [0.29, 0.717) is 29.0 Å². The second-order valence-corrected chi connectivity index (χ2v) is 8.15. The van der Waals surface area contributed by atoms with Gasteiger partial charge in [-0.1, -0.05) is 18.2 Å². The molecule has 2 aromatic carbocycles. The molecule has 0 radical (unpaired) electrons. The number of benzene rings is 2. The minimum Gasteiger partial charge on any atom is -0.340 e. The molecular weight excluding hydrogens is 469 g/mol. The number of carbonyl (C=O) groups excluding carboxylic acids is 1. The maximum Gasteiger partial charge on any atom is 0.416 e. The van der Waals surface area contributed by atoms with Crippen molar-refractivity contribution >= 4 is 34.7 Å². The molecule has 0 unspecified atom stereocenters. The Morgan fingerprint density at radius 2 is 1.53 bits per heavy atom. The first kappa shape index (κ1) is 24.6. The van der Waals surface area contributed by atoms with E-state index in [2.05, 4.69) is 30.9 Å². The third kappa shape index (κ3) is 6.78. The maximum absolute atomic E-state index is 12.9. The Morgan fingerprint density at radius 1 is 0.833 bits per heavy atom. The van der Waals surface area contributed by atoms with Crippen LogP contribution in [0.15, 0.2) is 72.9 Å². The summed E-state index contributed by atoms with van der Waals surface area (Å²) in [6.45, 7) is 3.76. The summed E-state index contributed by atoms with van der Waals surface area (Å²) in [6.07, 6.45) is -2.91. The number of anilines is 5. The number of pyridine rings is 1. The second-order valence-electron chi connectivity index (χ2n) is 8.15. The van der Waals surface area contributed by atoms with Crippen molar-refractivity contribution in [2.45, 2.75) is 26.4 Å². The standard InChI is InChI=1S/C26H23F3N6O/c1-16-10-11-30-22(12-16)35-24-15-23(31-17(2)32-24)33-20-6-8-21(9-7-20)34-25(36)14-18-4-3-5-19(13-18)26(27,28)29/h3-13,15H,14H2,1-2H3,(H,34,36)(H2,30,31,32,33,35). The van der Waals surface area contributed by atoms with E-state index in [-0.39, 0.29) is 12.0 Å². The van der Waals surface area contributed by atoms with Gasteiger partial charge in [0, 0.05) is 23.6 Å². The molecule has 4 rings (SSSR count). The van der Waals surface area contributed by atoms with E-state index in [1.165, 1.54) is 12.1 Å². The van der Waals surface area contributed by atoms with E-state index in [0.717, 1.165) is 23.4 Å². The van der Waals surface area contributed by atoms with E-state index in [9.17, 15) is 18.0 Å². The Balaban J connectivity index is 1.38. The van der Waals surface area contributed by atoms with Crippen LogP contribution in [0.4, 0.5) is 42.0 Å². The highest BCUT2D eigenvalue weighted by Crippen LogP contribution is 2.29. The molecule has 0 saturated carbocycles. The van der Waals surface area contributed by atoms with Gasteiger partial charge < -0.3 is 16.0 Å². The molecule has 10 heteroatoms. The van der Waals surface area contributed by atoms with Crippen LogP contribution in [0.1, 0.15) is 22.5 Å². The number of nitrogens with zero attached hydrogens (tertiary/aromatic N) is 3. The Labute approximate surface area is 205 Å². The lowest BCUT2D eigenvalue weighted by molar-refractivity contribution is -0.137. The van der Waals surface area contributed by atoms with E-state index in [1.807, 2.05) is 19.1 Å². The molecule has 184 valence electrons.